The molecule has 0 saturated carbocycles. The van der Waals surface area contributed by atoms with Crippen LogP contribution in [0.15, 0.2) is 158 Å². The van der Waals surface area contributed by atoms with Gasteiger partial charge in [0.05, 0.1) is 5.52 Å². The number of aromatic nitrogens is 3. The molecule has 1 radical (unpaired) electrons. The molecule has 4 heteroatoms. The minimum absolute atomic E-state index is 0. The van der Waals surface area contributed by atoms with E-state index in [0.717, 1.165) is 28.0 Å². The summed E-state index contributed by atoms with van der Waals surface area (Å²) < 4.78 is 0. The maximum atomic E-state index is 4.77. The van der Waals surface area contributed by atoms with E-state index in [1.54, 1.807) is 6.20 Å². The van der Waals surface area contributed by atoms with Crippen LogP contribution < -0.4 is 0 Å². The standard InChI is InChI=1S/C41H33N2.C11H8N.Ir/c1-25-8-12-30(13-9-25)32-19-33(37-22-31(14-11-27(37)3)40-18-28(4)29(5)24-43-40)21-34(20-32)38-23-41-36(7-6-16-42-41)35-15-10-26(2)17-39(35)38;1-2-6-10(7-3-1)11-8-4-5-9-12-11;/h6-13,15-24H,1-5H3;1-6,8-9H;/q2*-1;. The van der Waals surface area contributed by atoms with Crippen LogP contribution in [0.5, 0.6) is 0 Å². The summed E-state index contributed by atoms with van der Waals surface area (Å²) in [5.41, 5.74) is 18.2. The minimum atomic E-state index is 0. The van der Waals surface area contributed by atoms with Gasteiger partial charge in [0.25, 0.3) is 0 Å². The van der Waals surface area contributed by atoms with Crippen molar-refractivity contribution in [3.8, 4) is 55.9 Å². The smallest absolute Gasteiger partial charge is 0.0714 e. The second kappa shape index (κ2) is 16.8. The van der Waals surface area contributed by atoms with Gasteiger partial charge in [0.2, 0.25) is 0 Å². The molecule has 0 fully saturated rings. The average molecular weight is 900 g/mol. The summed E-state index contributed by atoms with van der Waals surface area (Å²) in [5, 5.41) is 3.64. The number of aryl methyl sites for hydroxylation is 5. The molecule has 0 atom stereocenters. The van der Waals surface area contributed by atoms with Crippen molar-refractivity contribution in [1.82, 2.24) is 15.0 Å². The van der Waals surface area contributed by atoms with Crippen molar-refractivity contribution < 1.29 is 20.1 Å². The number of nitrogens with zero attached hydrogens (tertiary/aromatic N) is 3. The molecular formula is C52H41IrN3-2. The molecule has 0 aliphatic rings. The molecule has 0 aliphatic carbocycles. The van der Waals surface area contributed by atoms with Gasteiger partial charge in [-0.25, -0.2) is 0 Å². The Morgan fingerprint density at radius 3 is 1.93 bits per heavy atom. The summed E-state index contributed by atoms with van der Waals surface area (Å²) in [6.07, 6.45) is 5.62. The Labute approximate surface area is 343 Å². The van der Waals surface area contributed by atoms with Gasteiger partial charge in [-0.1, -0.05) is 95.9 Å². The molecule has 3 heterocycles. The normalized spacial score (nSPS) is 10.8. The summed E-state index contributed by atoms with van der Waals surface area (Å²) >= 11 is 0. The predicted octanol–water partition coefficient (Wildman–Crippen LogP) is 13.3. The fourth-order valence-electron chi connectivity index (χ4n) is 7.05. The molecule has 0 amide bonds. The van der Waals surface area contributed by atoms with E-state index in [1.165, 1.54) is 77.4 Å². The summed E-state index contributed by atoms with van der Waals surface area (Å²) in [4.78, 5) is 13.7. The number of benzene rings is 6. The zero-order valence-corrected chi connectivity index (χ0v) is 34.6. The van der Waals surface area contributed by atoms with Crippen LogP contribution in [-0.2, 0) is 20.1 Å². The van der Waals surface area contributed by atoms with E-state index in [2.05, 4.69) is 143 Å². The molecular weight excluding hydrogens is 859 g/mol. The van der Waals surface area contributed by atoms with Crippen LogP contribution in [-0.4, -0.2) is 15.0 Å². The van der Waals surface area contributed by atoms with Crippen molar-refractivity contribution in [2.24, 2.45) is 0 Å². The maximum Gasteiger partial charge on any atom is 0.0714 e. The number of fused-ring (bicyclic) bond motifs is 3. The third-order valence-corrected chi connectivity index (χ3v) is 10.3. The van der Waals surface area contributed by atoms with Gasteiger partial charge in [0.1, 0.15) is 0 Å². The molecule has 0 N–H and O–H groups in total. The van der Waals surface area contributed by atoms with Gasteiger partial charge in [0, 0.05) is 44.1 Å². The van der Waals surface area contributed by atoms with Crippen molar-refractivity contribution >= 4 is 21.7 Å². The molecule has 6 aromatic carbocycles. The van der Waals surface area contributed by atoms with Gasteiger partial charge in [-0.05, 0) is 120 Å². The maximum absolute atomic E-state index is 4.77. The Balaban J connectivity index is 0.000000315. The van der Waals surface area contributed by atoms with Crippen LogP contribution in [0.4, 0.5) is 0 Å². The van der Waals surface area contributed by atoms with Crippen LogP contribution in [0, 0.1) is 46.8 Å². The fourth-order valence-corrected chi connectivity index (χ4v) is 7.05. The van der Waals surface area contributed by atoms with Gasteiger partial charge in [-0.15, -0.1) is 65.2 Å². The first-order valence-corrected chi connectivity index (χ1v) is 18.7. The van der Waals surface area contributed by atoms with E-state index in [0.29, 0.717) is 0 Å². The second-order valence-corrected chi connectivity index (χ2v) is 14.3. The van der Waals surface area contributed by atoms with Gasteiger partial charge in [0.15, 0.2) is 0 Å². The predicted molar refractivity (Wildman–Crippen MR) is 230 cm³/mol. The van der Waals surface area contributed by atoms with Gasteiger partial charge >= 0.3 is 0 Å². The molecule has 0 spiro atoms. The van der Waals surface area contributed by atoms with E-state index in [4.69, 9.17) is 9.97 Å². The van der Waals surface area contributed by atoms with Gasteiger partial charge in [-0.2, -0.15) is 0 Å². The summed E-state index contributed by atoms with van der Waals surface area (Å²) in [7, 11) is 0. The van der Waals surface area contributed by atoms with E-state index < -0.39 is 0 Å². The van der Waals surface area contributed by atoms with Crippen LogP contribution >= 0.6 is 0 Å². The van der Waals surface area contributed by atoms with Crippen LogP contribution in [0.3, 0.4) is 0 Å². The van der Waals surface area contributed by atoms with E-state index >= 15 is 0 Å². The topological polar surface area (TPSA) is 38.7 Å². The number of hydrogen-bond donors (Lipinski definition) is 0. The molecule has 0 saturated heterocycles. The molecule has 3 nitrogen and oxygen atoms in total. The zero-order chi connectivity index (χ0) is 37.9. The molecule has 3 aromatic heterocycles. The van der Waals surface area contributed by atoms with Crippen molar-refractivity contribution in [3.63, 3.8) is 0 Å². The fraction of sp³-hybridized carbons (Fsp3) is 0.0962. The first kappa shape index (κ1) is 38.2. The summed E-state index contributed by atoms with van der Waals surface area (Å²) in [6, 6.07) is 55.8. The van der Waals surface area contributed by atoms with E-state index in [9.17, 15) is 0 Å². The molecule has 275 valence electrons. The molecule has 56 heavy (non-hydrogen) atoms. The number of hydrogen-bond acceptors (Lipinski definition) is 3. The van der Waals surface area contributed by atoms with Crippen LogP contribution in [0.25, 0.3) is 77.6 Å². The van der Waals surface area contributed by atoms with Gasteiger partial charge in [-0.3, -0.25) is 4.98 Å². The Morgan fingerprint density at radius 2 is 1.18 bits per heavy atom. The van der Waals surface area contributed by atoms with Crippen molar-refractivity contribution in [2.45, 2.75) is 34.6 Å². The van der Waals surface area contributed by atoms with Crippen LogP contribution in [0.2, 0.25) is 0 Å². The number of pyridine rings is 3. The molecule has 0 unspecified atom stereocenters. The Hall–Kier alpha value is -6.06. The van der Waals surface area contributed by atoms with Crippen molar-refractivity contribution in [2.75, 3.05) is 0 Å². The SMILES string of the molecule is Cc1ccc(-c2cc(-c3cc(-c4cc(C)c(C)cn4)[c-]cc3C)cc(-c3cc4ncccc4c4ccc(C)cc34)c2)cc1.[Ir].[c-]1ccccc1-c1ccccn1. The summed E-state index contributed by atoms with van der Waals surface area (Å²) in [6.45, 7) is 10.7. The zero-order valence-electron chi connectivity index (χ0n) is 32.2. The summed E-state index contributed by atoms with van der Waals surface area (Å²) in [5.74, 6) is 0. The Bertz CT molecular complexity index is 2760. The van der Waals surface area contributed by atoms with Crippen LogP contribution in [0.1, 0.15) is 27.8 Å². The second-order valence-electron chi connectivity index (χ2n) is 14.3. The molecule has 9 rings (SSSR count). The molecule has 9 aromatic rings. The number of rotatable bonds is 5. The third-order valence-electron chi connectivity index (χ3n) is 10.3. The minimum Gasteiger partial charge on any atom is -0.305 e. The van der Waals surface area contributed by atoms with E-state index in [1.807, 2.05) is 60.9 Å². The molecule has 0 bridgehead atoms. The Morgan fingerprint density at radius 1 is 0.429 bits per heavy atom. The largest absolute Gasteiger partial charge is 0.305 e. The van der Waals surface area contributed by atoms with Crippen molar-refractivity contribution in [1.29, 1.82) is 0 Å². The third kappa shape index (κ3) is 8.14. The molecule has 0 aliphatic heterocycles. The quantitative estimate of drug-likeness (QED) is 0.128. The van der Waals surface area contributed by atoms with Crippen molar-refractivity contribution in [3.05, 3.63) is 198 Å². The van der Waals surface area contributed by atoms with E-state index in [-0.39, 0.29) is 20.1 Å². The first-order chi connectivity index (χ1) is 26.8. The first-order valence-electron chi connectivity index (χ1n) is 18.7. The average Bonchev–Trinajstić information content (AvgIpc) is 3.22. The Kier molecular flexibility index (Phi) is 11.4. The van der Waals surface area contributed by atoms with Gasteiger partial charge < -0.3 is 9.97 Å². The monoisotopic (exact) mass is 900 g/mol.